The van der Waals surface area contributed by atoms with Crippen LogP contribution < -0.4 is 4.74 Å². The molecule has 1 atom stereocenters. The highest BCUT2D eigenvalue weighted by Gasteiger charge is 2.34. The molecule has 122 valence electrons. The first-order valence-corrected chi connectivity index (χ1v) is 8.02. The highest BCUT2D eigenvalue weighted by molar-refractivity contribution is 5.97. The summed E-state index contributed by atoms with van der Waals surface area (Å²) in [5.41, 5.74) is 1.52. The number of amides is 1. The van der Waals surface area contributed by atoms with Crippen molar-refractivity contribution in [1.82, 2.24) is 10.1 Å². The van der Waals surface area contributed by atoms with Gasteiger partial charge in [-0.3, -0.25) is 4.79 Å². The SMILES string of the molecule is COc1ccccc1C(=O)N1CCC[C@H]1c1cc(C(C)C)no1. The minimum absolute atomic E-state index is 0.0209. The molecular weight excluding hydrogens is 292 g/mol. The molecule has 2 heterocycles. The number of rotatable bonds is 4. The van der Waals surface area contributed by atoms with E-state index in [9.17, 15) is 4.79 Å². The van der Waals surface area contributed by atoms with Gasteiger partial charge in [0.05, 0.1) is 24.4 Å². The highest BCUT2D eigenvalue weighted by atomic mass is 16.5. The molecule has 0 saturated carbocycles. The molecule has 1 saturated heterocycles. The Morgan fingerprint density at radius 2 is 2.17 bits per heavy atom. The summed E-state index contributed by atoms with van der Waals surface area (Å²) in [5, 5.41) is 4.12. The second kappa shape index (κ2) is 6.44. The topological polar surface area (TPSA) is 55.6 Å². The maximum atomic E-state index is 12.9. The van der Waals surface area contributed by atoms with Crippen molar-refractivity contribution in [2.45, 2.75) is 38.6 Å². The summed E-state index contributed by atoms with van der Waals surface area (Å²) < 4.78 is 10.8. The van der Waals surface area contributed by atoms with E-state index in [1.807, 2.05) is 29.2 Å². The second-order valence-corrected chi connectivity index (χ2v) is 6.17. The van der Waals surface area contributed by atoms with Gasteiger partial charge in [-0.1, -0.05) is 31.1 Å². The summed E-state index contributed by atoms with van der Waals surface area (Å²) in [7, 11) is 1.58. The lowest BCUT2D eigenvalue weighted by molar-refractivity contribution is 0.0711. The zero-order valence-corrected chi connectivity index (χ0v) is 13.8. The Labute approximate surface area is 136 Å². The van der Waals surface area contributed by atoms with Gasteiger partial charge >= 0.3 is 0 Å². The van der Waals surface area contributed by atoms with E-state index in [0.29, 0.717) is 17.2 Å². The predicted molar refractivity (Wildman–Crippen MR) is 86.6 cm³/mol. The van der Waals surface area contributed by atoms with E-state index < -0.39 is 0 Å². The number of carbonyl (C=O) groups excluding carboxylic acids is 1. The fourth-order valence-electron chi connectivity index (χ4n) is 3.01. The summed E-state index contributed by atoms with van der Waals surface area (Å²) in [6.45, 7) is 4.88. The van der Waals surface area contributed by atoms with Gasteiger partial charge in [-0.15, -0.1) is 0 Å². The molecule has 0 spiro atoms. The number of para-hydroxylation sites is 1. The van der Waals surface area contributed by atoms with Crippen LogP contribution in [0.1, 0.15) is 60.5 Å². The molecule has 5 nitrogen and oxygen atoms in total. The third-order valence-electron chi connectivity index (χ3n) is 4.32. The summed E-state index contributed by atoms with van der Waals surface area (Å²) >= 11 is 0. The summed E-state index contributed by atoms with van der Waals surface area (Å²) in [4.78, 5) is 14.8. The number of hydrogen-bond acceptors (Lipinski definition) is 4. The van der Waals surface area contributed by atoms with E-state index in [1.165, 1.54) is 0 Å². The van der Waals surface area contributed by atoms with E-state index in [-0.39, 0.29) is 11.9 Å². The lowest BCUT2D eigenvalue weighted by Gasteiger charge is -2.23. The van der Waals surface area contributed by atoms with Crippen LogP contribution in [0.15, 0.2) is 34.9 Å². The fraction of sp³-hybridized carbons (Fsp3) is 0.444. The number of benzene rings is 1. The van der Waals surface area contributed by atoms with Crippen LogP contribution in [0, 0.1) is 0 Å². The first kappa shape index (κ1) is 15.6. The van der Waals surface area contributed by atoms with Crippen LogP contribution in [0.4, 0.5) is 0 Å². The number of likely N-dealkylation sites (tertiary alicyclic amines) is 1. The van der Waals surface area contributed by atoms with E-state index >= 15 is 0 Å². The lowest BCUT2D eigenvalue weighted by atomic mass is 10.1. The molecule has 0 bridgehead atoms. The molecule has 1 aromatic heterocycles. The summed E-state index contributed by atoms with van der Waals surface area (Å²) in [5.74, 6) is 1.66. The van der Waals surface area contributed by atoms with Crippen molar-refractivity contribution in [3.8, 4) is 5.75 Å². The molecule has 5 heteroatoms. The quantitative estimate of drug-likeness (QED) is 0.861. The average Bonchev–Trinajstić information content (AvgIpc) is 3.22. The van der Waals surface area contributed by atoms with Crippen molar-refractivity contribution in [1.29, 1.82) is 0 Å². The number of ether oxygens (including phenoxy) is 1. The van der Waals surface area contributed by atoms with Gasteiger partial charge in [-0.05, 0) is 30.9 Å². The first-order valence-electron chi connectivity index (χ1n) is 8.02. The van der Waals surface area contributed by atoms with Crippen LogP contribution >= 0.6 is 0 Å². The number of carbonyl (C=O) groups is 1. The average molecular weight is 314 g/mol. The Hall–Kier alpha value is -2.30. The molecule has 0 radical (unpaired) electrons. The van der Waals surface area contributed by atoms with Gasteiger partial charge in [0.15, 0.2) is 5.76 Å². The molecule has 1 fully saturated rings. The van der Waals surface area contributed by atoms with Gasteiger partial charge in [0, 0.05) is 12.6 Å². The molecule has 0 aliphatic carbocycles. The third kappa shape index (κ3) is 2.96. The molecule has 2 aromatic rings. The van der Waals surface area contributed by atoms with E-state index in [1.54, 1.807) is 13.2 Å². The first-order chi connectivity index (χ1) is 11.1. The van der Waals surface area contributed by atoms with Gasteiger partial charge in [0.1, 0.15) is 5.75 Å². The van der Waals surface area contributed by atoms with Crippen LogP contribution in [0.5, 0.6) is 5.75 Å². The molecule has 1 aliphatic rings. The Kier molecular flexibility index (Phi) is 4.37. The molecule has 0 unspecified atom stereocenters. The van der Waals surface area contributed by atoms with Crippen LogP contribution in [0.2, 0.25) is 0 Å². The van der Waals surface area contributed by atoms with Gasteiger partial charge in [-0.25, -0.2) is 0 Å². The Bertz CT molecular complexity index is 693. The van der Waals surface area contributed by atoms with Crippen LogP contribution in [-0.4, -0.2) is 29.6 Å². The number of hydrogen-bond donors (Lipinski definition) is 0. The molecule has 1 aliphatic heterocycles. The largest absolute Gasteiger partial charge is 0.496 e. The third-order valence-corrected chi connectivity index (χ3v) is 4.32. The molecule has 3 rings (SSSR count). The normalized spacial score (nSPS) is 17.7. The maximum Gasteiger partial charge on any atom is 0.258 e. The van der Waals surface area contributed by atoms with Gasteiger partial charge < -0.3 is 14.2 Å². The van der Waals surface area contributed by atoms with Gasteiger partial charge in [0.25, 0.3) is 5.91 Å². The van der Waals surface area contributed by atoms with Crippen LogP contribution in [-0.2, 0) is 0 Å². The zero-order chi connectivity index (χ0) is 16.4. The fourth-order valence-corrected chi connectivity index (χ4v) is 3.01. The highest BCUT2D eigenvalue weighted by Crippen LogP contribution is 2.35. The Morgan fingerprint density at radius 1 is 1.39 bits per heavy atom. The van der Waals surface area contributed by atoms with Crippen LogP contribution in [0.25, 0.3) is 0 Å². The van der Waals surface area contributed by atoms with E-state index in [4.69, 9.17) is 9.26 Å². The minimum Gasteiger partial charge on any atom is -0.496 e. The molecule has 1 amide bonds. The Morgan fingerprint density at radius 3 is 2.87 bits per heavy atom. The van der Waals surface area contributed by atoms with Crippen molar-refractivity contribution < 1.29 is 14.1 Å². The summed E-state index contributed by atoms with van der Waals surface area (Å²) in [6.07, 6.45) is 1.86. The monoisotopic (exact) mass is 314 g/mol. The molecular formula is C18H22N2O3. The number of nitrogens with zero attached hydrogens (tertiary/aromatic N) is 2. The molecule has 0 N–H and O–H groups in total. The standard InChI is InChI=1S/C18H22N2O3/c1-12(2)14-11-17(23-19-14)15-8-6-10-20(15)18(21)13-7-4-5-9-16(13)22-3/h4-5,7,9,11-12,15H,6,8,10H2,1-3H3/t15-/m0/s1. The predicted octanol–water partition coefficient (Wildman–Crippen LogP) is 3.78. The maximum absolute atomic E-state index is 12.9. The smallest absolute Gasteiger partial charge is 0.258 e. The second-order valence-electron chi connectivity index (χ2n) is 6.17. The van der Waals surface area contributed by atoms with Crippen molar-refractivity contribution in [3.63, 3.8) is 0 Å². The van der Waals surface area contributed by atoms with Crippen molar-refractivity contribution in [2.24, 2.45) is 0 Å². The lowest BCUT2D eigenvalue weighted by Crippen LogP contribution is -2.30. The van der Waals surface area contributed by atoms with Crippen LogP contribution in [0.3, 0.4) is 0 Å². The van der Waals surface area contributed by atoms with E-state index in [0.717, 1.165) is 30.8 Å². The zero-order valence-electron chi connectivity index (χ0n) is 13.8. The van der Waals surface area contributed by atoms with E-state index in [2.05, 4.69) is 19.0 Å². The van der Waals surface area contributed by atoms with Crippen molar-refractivity contribution in [2.75, 3.05) is 13.7 Å². The van der Waals surface area contributed by atoms with Crippen molar-refractivity contribution in [3.05, 3.63) is 47.3 Å². The number of aromatic nitrogens is 1. The molecule has 1 aromatic carbocycles. The minimum atomic E-state index is -0.0487. The van der Waals surface area contributed by atoms with Gasteiger partial charge in [-0.2, -0.15) is 0 Å². The Balaban J connectivity index is 1.87. The number of methoxy groups -OCH3 is 1. The molecule has 23 heavy (non-hydrogen) atoms. The van der Waals surface area contributed by atoms with Gasteiger partial charge in [0.2, 0.25) is 0 Å². The van der Waals surface area contributed by atoms with Crippen molar-refractivity contribution >= 4 is 5.91 Å². The summed E-state index contributed by atoms with van der Waals surface area (Å²) in [6, 6.07) is 9.25.